The third-order valence-corrected chi connectivity index (χ3v) is 5.20. The smallest absolute Gasteiger partial charge is 0.408 e. The van der Waals surface area contributed by atoms with Crippen LogP contribution in [0.25, 0.3) is 0 Å². The second kappa shape index (κ2) is 13.5. The molecule has 2 unspecified atom stereocenters. The molecule has 0 aliphatic carbocycles. The first-order valence-electron chi connectivity index (χ1n) is 11.8. The van der Waals surface area contributed by atoms with E-state index in [4.69, 9.17) is 16.9 Å². The molecule has 0 spiro atoms. The van der Waals surface area contributed by atoms with Gasteiger partial charge in [0.15, 0.2) is 0 Å². The Morgan fingerprint density at radius 1 is 1.08 bits per heavy atom. The van der Waals surface area contributed by atoms with Crippen LogP contribution in [0, 0.1) is 23.7 Å². The number of rotatable bonds is 10. The van der Waals surface area contributed by atoms with Crippen LogP contribution in [0.3, 0.4) is 0 Å². The minimum absolute atomic E-state index is 0.143. The number of nitrogens with zero attached hydrogens (tertiary/aromatic N) is 2. The summed E-state index contributed by atoms with van der Waals surface area (Å²) >= 11 is 0. The van der Waals surface area contributed by atoms with Crippen LogP contribution in [0.1, 0.15) is 49.9 Å². The van der Waals surface area contributed by atoms with Crippen molar-refractivity contribution in [2.75, 3.05) is 6.54 Å². The van der Waals surface area contributed by atoms with Crippen molar-refractivity contribution in [2.45, 2.75) is 51.4 Å². The summed E-state index contributed by atoms with van der Waals surface area (Å²) < 4.78 is 5.21. The van der Waals surface area contributed by atoms with Crippen molar-refractivity contribution in [1.82, 2.24) is 15.5 Å². The molecular formula is C28H31N5O5. The molecule has 2 aromatic rings. The molecule has 0 fully saturated rings. The van der Waals surface area contributed by atoms with Gasteiger partial charge >= 0.3 is 6.09 Å². The Balaban J connectivity index is 2.50. The van der Waals surface area contributed by atoms with Crippen molar-refractivity contribution >= 4 is 23.8 Å². The van der Waals surface area contributed by atoms with Gasteiger partial charge in [-0.3, -0.25) is 14.4 Å². The van der Waals surface area contributed by atoms with Crippen molar-refractivity contribution in [3.63, 3.8) is 0 Å². The summed E-state index contributed by atoms with van der Waals surface area (Å²) in [6, 6.07) is 14.6. The number of alkyl carbamates (subject to hydrolysis) is 1. The molecule has 2 aromatic carbocycles. The summed E-state index contributed by atoms with van der Waals surface area (Å²) in [7, 11) is 0. The van der Waals surface area contributed by atoms with Gasteiger partial charge in [-0.05, 0) is 38.0 Å². The number of carbonyl (C=O) groups excluding carboxylic acids is 4. The highest BCUT2D eigenvalue weighted by molar-refractivity contribution is 5.95. The Hall–Kier alpha value is -4.83. The number of nitrogens with two attached hydrogens (primary N) is 1. The number of ether oxygens (including phenoxy) is 1. The first-order valence-corrected chi connectivity index (χ1v) is 11.8. The molecule has 0 bridgehead atoms. The Bertz CT molecular complexity index is 1240. The number of terminal acetylenes is 1. The molecule has 198 valence electrons. The normalized spacial score (nSPS) is 12.1. The molecule has 0 aliphatic heterocycles. The van der Waals surface area contributed by atoms with Gasteiger partial charge < -0.3 is 26.0 Å². The molecule has 10 heteroatoms. The number of hydrogen-bond acceptors (Lipinski definition) is 6. The van der Waals surface area contributed by atoms with Crippen molar-refractivity contribution in [1.29, 1.82) is 5.26 Å². The van der Waals surface area contributed by atoms with E-state index >= 15 is 0 Å². The van der Waals surface area contributed by atoms with Crippen LogP contribution < -0.4 is 16.4 Å². The highest BCUT2D eigenvalue weighted by atomic mass is 16.6. The lowest BCUT2D eigenvalue weighted by Gasteiger charge is -2.33. The quantitative estimate of drug-likeness (QED) is 0.324. The summed E-state index contributed by atoms with van der Waals surface area (Å²) in [5.74, 6) is 0.110. The Kier molecular flexibility index (Phi) is 10.4. The minimum atomic E-state index is -1.50. The Labute approximate surface area is 222 Å². The second-order valence-corrected chi connectivity index (χ2v) is 9.33. The fourth-order valence-corrected chi connectivity index (χ4v) is 3.62. The van der Waals surface area contributed by atoms with Crippen molar-refractivity contribution < 1.29 is 23.9 Å². The number of benzene rings is 2. The molecule has 38 heavy (non-hydrogen) atoms. The monoisotopic (exact) mass is 517 g/mol. The number of nitrogens with one attached hydrogen (secondary N) is 2. The first kappa shape index (κ1) is 29.4. The third kappa shape index (κ3) is 8.68. The average molecular weight is 518 g/mol. The summed E-state index contributed by atoms with van der Waals surface area (Å²) in [4.78, 5) is 52.5. The van der Waals surface area contributed by atoms with Crippen LogP contribution in [0.4, 0.5) is 4.79 Å². The van der Waals surface area contributed by atoms with Gasteiger partial charge in [-0.15, -0.1) is 6.42 Å². The molecule has 0 saturated carbocycles. The number of hydrogen-bond donors (Lipinski definition) is 3. The van der Waals surface area contributed by atoms with E-state index in [1.54, 1.807) is 45.0 Å². The van der Waals surface area contributed by atoms with Crippen LogP contribution in [0.15, 0.2) is 54.6 Å². The van der Waals surface area contributed by atoms with Gasteiger partial charge in [0.1, 0.15) is 24.2 Å². The van der Waals surface area contributed by atoms with E-state index < -0.39 is 54.5 Å². The highest BCUT2D eigenvalue weighted by Crippen LogP contribution is 2.26. The van der Waals surface area contributed by atoms with E-state index in [0.717, 1.165) is 10.5 Å². The van der Waals surface area contributed by atoms with E-state index in [-0.39, 0.29) is 6.54 Å². The predicted octanol–water partition coefficient (Wildman–Crippen LogP) is 2.15. The van der Waals surface area contributed by atoms with Gasteiger partial charge in [-0.25, -0.2) is 4.79 Å². The summed E-state index contributed by atoms with van der Waals surface area (Å²) in [5.41, 5.74) is 5.88. The molecule has 0 aliphatic rings. The standard InChI is InChI=1S/C28H31N5O5/c1-5-20-13-9-10-14-21(20)24(25(35)31-18-19-11-7-6-8-12-19)33(16-15-29)26(36)22(17-23(30)34)32-27(37)38-28(2,3)4/h1,6-14,22,24H,16-18H2,2-4H3,(H2,30,34)(H,31,35)(H,32,37). The van der Waals surface area contributed by atoms with Crippen molar-refractivity contribution in [2.24, 2.45) is 5.73 Å². The maximum atomic E-state index is 13.7. The van der Waals surface area contributed by atoms with E-state index in [2.05, 4.69) is 16.6 Å². The van der Waals surface area contributed by atoms with Crippen LogP contribution in [0.2, 0.25) is 0 Å². The van der Waals surface area contributed by atoms with Gasteiger partial charge in [0.2, 0.25) is 17.7 Å². The van der Waals surface area contributed by atoms with E-state index in [1.165, 1.54) is 0 Å². The predicted molar refractivity (Wildman–Crippen MR) is 140 cm³/mol. The van der Waals surface area contributed by atoms with Crippen molar-refractivity contribution in [3.05, 3.63) is 71.3 Å². The number of primary amides is 1. The molecule has 0 heterocycles. The van der Waals surface area contributed by atoms with Gasteiger partial charge in [-0.2, -0.15) is 5.26 Å². The molecule has 2 rings (SSSR count). The minimum Gasteiger partial charge on any atom is -0.444 e. The first-order chi connectivity index (χ1) is 18.0. The van der Waals surface area contributed by atoms with Gasteiger partial charge in [0, 0.05) is 12.1 Å². The van der Waals surface area contributed by atoms with Gasteiger partial charge in [-0.1, -0.05) is 54.5 Å². The lowest BCUT2D eigenvalue weighted by molar-refractivity contribution is -0.142. The summed E-state index contributed by atoms with van der Waals surface area (Å²) in [6.45, 7) is 4.48. The van der Waals surface area contributed by atoms with Gasteiger partial charge in [0.25, 0.3) is 0 Å². The van der Waals surface area contributed by atoms with Crippen LogP contribution >= 0.6 is 0 Å². The molecule has 4 amide bonds. The maximum absolute atomic E-state index is 13.7. The molecular weight excluding hydrogens is 486 g/mol. The molecule has 10 nitrogen and oxygen atoms in total. The second-order valence-electron chi connectivity index (χ2n) is 9.33. The maximum Gasteiger partial charge on any atom is 0.408 e. The SMILES string of the molecule is C#Cc1ccccc1C(C(=O)NCc1ccccc1)N(CC#N)C(=O)C(CC(N)=O)NC(=O)OC(C)(C)C. The number of nitriles is 1. The lowest BCUT2D eigenvalue weighted by atomic mass is 9.97. The Morgan fingerprint density at radius 3 is 2.29 bits per heavy atom. The van der Waals surface area contributed by atoms with Crippen LogP contribution in [-0.4, -0.2) is 46.9 Å². The van der Waals surface area contributed by atoms with E-state index in [0.29, 0.717) is 11.1 Å². The molecule has 0 radical (unpaired) electrons. The summed E-state index contributed by atoms with van der Waals surface area (Å²) in [5, 5.41) is 14.7. The Morgan fingerprint density at radius 2 is 1.71 bits per heavy atom. The zero-order valence-corrected chi connectivity index (χ0v) is 21.6. The number of amides is 4. The van der Waals surface area contributed by atoms with Crippen LogP contribution in [-0.2, 0) is 25.7 Å². The highest BCUT2D eigenvalue weighted by Gasteiger charge is 2.37. The van der Waals surface area contributed by atoms with E-state index in [9.17, 15) is 24.4 Å². The zero-order chi connectivity index (χ0) is 28.3. The van der Waals surface area contributed by atoms with Gasteiger partial charge in [0.05, 0.1) is 12.5 Å². The number of carbonyl (C=O) groups is 4. The largest absolute Gasteiger partial charge is 0.444 e. The molecule has 0 aromatic heterocycles. The lowest BCUT2D eigenvalue weighted by Crippen LogP contribution is -2.54. The molecule has 2 atom stereocenters. The molecule has 4 N–H and O–H groups in total. The molecule has 0 saturated heterocycles. The van der Waals surface area contributed by atoms with Crippen molar-refractivity contribution in [3.8, 4) is 18.4 Å². The zero-order valence-electron chi connectivity index (χ0n) is 21.6. The summed E-state index contributed by atoms with van der Waals surface area (Å²) in [6.07, 6.45) is 4.11. The fourth-order valence-electron chi connectivity index (χ4n) is 3.62. The average Bonchev–Trinajstić information content (AvgIpc) is 2.86. The topological polar surface area (TPSA) is 155 Å². The van der Waals surface area contributed by atoms with E-state index in [1.807, 2.05) is 36.4 Å². The van der Waals surface area contributed by atoms with Crippen LogP contribution in [0.5, 0.6) is 0 Å². The third-order valence-electron chi connectivity index (χ3n) is 5.20. The fraction of sp³-hybridized carbons (Fsp3) is 0.321.